The van der Waals surface area contributed by atoms with Crippen LogP contribution in [0.3, 0.4) is 0 Å². The van der Waals surface area contributed by atoms with E-state index in [9.17, 15) is 4.79 Å². The summed E-state index contributed by atoms with van der Waals surface area (Å²) in [6.07, 6.45) is 3.19. The smallest absolute Gasteiger partial charge is 0.137 e. The highest BCUT2D eigenvalue weighted by Gasteiger charge is 2.30. The highest BCUT2D eigenvalue weighted by atomic mass is 32.2. The Hall–Kier alpha value is -0.0600. The van der Waals surface area contributed by atoms with Crippen molar-refractivity contribution in [3.63, 3.8) is 0 Å². The zero-order valence-electron chi connectivity index (χ0n) is 9.85. The normalized spacial score (nSPS) is 29.7. The fourth-order valence-electron chi connectivity index (χ4n) is 1.75. The van der Waals surface area contributed by atoms with Crippen LogP contribution in [0.1, 0.15) is 26.7 Å². The molecule has 0 radical (unpaired) electrons. The molecule has 0 aromatic heterocycles. The van der Waals surface area contributed by atoms with Crippen molar-refractivity contribution in [2.75, 3.05) is 12.8 Å². The zero-order valence-corrected chi connectivity index (χ0v) is 10.7. The molecule has 0 aliphatic carbocycles. The molecule has 15 heavy (non-hydrogen) atoms. The lowest BCUT2D eigenvalue weighted by molar-refractivity contribution is -0.111. The third-order valence-electron chi connectivity index (χ3n) is 3.20. The molecule has 88 valence electrons. The third kappa shape index (κ3) is 3.47. The Bertz CT molecular complexity index is 211. The van der Waals surface area contributed by atoms with Crippen LogP contribution >= 0.6 is 11.8 Å². The molecule has 1 aliphatic heterocycles. The molecule has 1 saturated heterocycles. The van der Waals surface area contributed by atoms with Gasteiger partial charge in [0.15, 0.2) is 0 Å². The van der Waals surface area contributed by atoms with Crippen molar-refractivity contribution in [2.24, 2.45) is 11.7 Å². The monoisotopic (exact) mass is 230 g/mol. The largest absolute Gasteiger partial charge is 0.327 e. The fraction of sp³-hybridized carbons (Fsp3) is 0.909. The van der Waals surface area contributed by atoms with Crippen LogP contribution in [0.5, 0.6) is 0 Å². The molecule has 1 fully saturated rings. The van der Waals surface area contributed by atoms with Crippen LogP contribution in [0, 0.1) is 5.92 Å². The van der Waals surface area contributed by atoms with Gasteiger partial charge in [-0.05, 0) is 25.8 Å². The molecule has 0 aromatic carbocycles. The minimum absolute atomic E-state index is 0.107. The van der Waals surface area contributed by atoms with Gasteiger partial charge in [-0.25, -0.2) is 0 Å². The first kappa shape index (κ1) is 13.0. The minimum atomic E-state index is 0.107. The van der Waals surface area contributed by atoms with Crippen LogP contribution in [0.25, 0.3) is 0 Å². The van der Waals surface area contributed by atoms with Gasteiger partial charge in [-0.1, -0.05) is 13.8 Å². The van der Waals surface area contributed by atoms with Gasteiger partial charge in [0.2, 0.25) is 0 Å². The van der Waals surface area contributed by atoms with Gasteiger partial charge < -0.3 is 10.5 Å². The number of rotatable bonds is 5. The number of hydrogen-bond acceptors (Lipinski definition) is 4. The number of carbonyl (C=O) groups is 1. The second-order valence-corrected chi connectivity index (χ2v) is 5.85. The molecule has 0 saturated carbocycles. The molecule has 1 rings (SSSR count). The summed E-state index contributed by atoms with van der Waals surface area (Å²) in [6, 6.07) is 0.393. The Morgan fingerprint density at radius 2 is 2.27 bits per heavy atom. The lowest BCUT2D eigenvalue weighted by atomic mass is 10.0. The van der Waals surface area contributed by atoms with Crippen LogP contribution in [0.2, 0.25) is 0 Å². The standard InChI is InChI=1S/C11H22N2OS/c1-8(2)10(12)4-5-11-13(3)9(6-14)7-15-11/h6,8-11H,4-5,7,12H2,1-3H3. The van der Waals surface area contributed by atoms with Crippen molar-refractivity contribution in [2.45, 2.75) is 44.1 Å². The number of hydrogen-bond donors (Lipinski definition) is 1. The molecule has 1 heterocycles. The Morgan fingerprint density at radius 1 is 1.60 bits per heavy atom. The van der Waals surface area contributed by atoms with Gasteiger partial charge in [0.05, 0.1) is 11.4 Å². The predicted molar refractivity (Wildman–Crippen MR) is 65.9 cm³/mol. The van der Waals surface area contributed by atoms with Crippen molar-refractivity contribution >= 4 is 18.0 Å². The Balaban J connectivity index is 2.31. The second-order valence-electron chi connectivity index (χ2n) is 4.64. The van der Waals surface area contributed by atoms with E-state index in [1.54, 1.807) is 0 Å². The first-order valence-corrected chi connectivity index (χ1v) is 6.65. The van der Waals surface area contributed by atoms with Gasteiger partial charge in [0, 0.05) is 11.8 Å². The van der Waals surface area contributed by atoms with E-state index in [4.69, 9.17) is 5.73 Å². The Morgan fingerprint density at radius 3 is 2.73 bits per heavy atom. The van der Waals surface area contributed by atoms with Crippen molar-refractivity contribution in [1.82, 2.24) is 4.90 Å². The number of carbonyl (C=O) groups excluding carboxylic acids is 1. The SMILES string of the molecule is CC(C)C(N)CCC1SCC(C=O)N1C. The average Bonchev–Trinajstić information content (AvgIpc) is 2.55. The summed E-state index contributed by atoms with van der Waals surface area (Å²) in [4.78, 5) is 12.9. The molecule has 3 unspecified atom stereocenters. The molecule has 3 nitrogen and oxygen atoms in total. The molecule has 4 heteroatoms. The topological polar surface area (TPSA) is 46.3 Å². The van der Waals surface area contributed by atoms with Gasteiger partial charge in [-0.15, -0.1) is 11.8 Å². The third-order valence-corrected chi connectivity index (χ3v) is 4.68. The first-order chi connectivity index (χ1) is 7.06. The van der Waals surface area contributed by atoms with Gasteiger partial charge in [0.25, 0.3) is 0 Å². The Kier molecular flexibility index (Phi) is 5.09. The van der Waals surface area contributed by atoms with Gasteiger partial charge >= 0.3 is 0 Å². The van der Waals surface area contributed by atoms with Crippen LogP contribution in [0.4, 0.5) is 0 Å². The highest BCUT2D eigenvalue weighted by molar-refractivity contribution is 8.00. The number of likely N-dealkylation sites (N-methyl/N-ethyl adjacent to an activating group) is 1. The average molecular weight is 230 g/mol. The van der Waals surface area contributed by atoms with Crippen molar-refractivity contribution in [1.29, 1.82) is 0 Å². The van der Waals surface area contributed by atoms with E-state index >= 15 is 0 Å². The van der Waals surface area contributed by atoms with E-state index in [-0.39, 0.29) is 12.1 Å². The lowest BCUT2D eigenvalue weighted by Gasteiger charge is -2.23. The summed E-state index contributed by atoms with van der Waals surface area (Å²) in [5.41, 5.74) is 6.01. The molecular formula is C11H22N2OS. The van der Waals surface area contributed by atoms with Gasteiger partial charge in [0.1, 0.15) is 6.29 Å². The maximum atomic E-state index is 10.7. The van der Waals surface area contributed by atoms with E-state index in [1.807, 2.05) is 18.8 Å². The Labute approximate surface area is 96.8 Å². The molecular weight excluding hydrogens is 208 g/mol. The zero-order chi connectivity index (χ0) is 11.4. The molecule has 0 spiro atoms. The summed E-state index contributed by atoms with van der Waals surface area (Å²) < 4.78 is 0. The second kappa shape index (κ2) is 5.87. The van der Waals surface area contributed by atoms with Gasteiger partial charge in [-0.2, -0.15) is 0 Å². The van der Waals surface area contributed by atoms with Crippen LogP contribution in [-0.2, 0) is 4.79 Å². The van der Waals surface area contributed by atoms with E-state index in [0.717, 1.165) is 24.9 Å². The molecule has 0 aromatic rings. The molecule has 1 aliphatic rings. The van der Waals surface area contributed by atoms with E-state index in [1.165, 1.54) is 0 Å². The summed E-state index contributed by atoms with van der Waals surface area (Å²) in [5, 5.41) is 0.477. The molecule has 0 amide bonds. The fourth-order valence-corrected chi connectivity index (χ4v) is 3.18. The summed E-state index contributed by atoms with van der Waals surface area (Å²) in [6.45, 7) is 4.31. The molecule has 0 bridgehead atoms. The lowest BCUT2D eigenvalue weighted by Crippen LogP contribution is -2.35. The van der Waals surface area contributed by atoms with E-state index in [0.29, 0.717) is 11.3 Å². The number of nitrogens with two attached hydrogens (primary N) is 1. The maximum absolute atomic E-state index is 10.7. The van der Waals surface area contributed by atoms with E-state index in [2.05, 4.69) is 18.7 Å². The van der Waals surface area contributed by atoms with Crippen molar-refractivity contribution in [3.8, 4) is 0 Å². The van der Waals surface area contributed by atoms with Crippen LogP contribution in [0.15, 0.2) is 0 Å². The molecule has 2 N–H and O–H groups in total. The van der Waals surface area contributed by atoms with Gasteiger partial charge in [-0.3, -0.25) is 4.90 Å². The predicted octanol–water partition coefficient (Wildman–Crippen LogP) is 1.32. The van der Waals surface area contributed by atoms with Crippen molar-refractivity contribution in [3.05, 3.63) is 0 Å². The van der Waals surface area contributed by atoms with Crippen LogP contribution in [-0.4, -0.2) is 41.4 Å². The minimum Gasteiger partial charge on any atom is -0.327 e. The summed E-state index contributed by atoms with van der Waals surface area (Å²) >= 11 is 1.88. The number of aldehydes is 1. The molecule has 3 atom stereocenters. The summed E-state index contributed by atoms with van der Waals surface area (Å²) in [7, 11) is 2.03. The number of nitrogens with zero attached hydrogens (tertiary/aromatic N) is 1. The number of thioether (sulfide) groups is 1. The maximum Gasteiger partial charge on any atom is 0.137 e. The highest BCUT2D eigenvalue weighted by Crippen LogP contribution is 2.30. The van der Waals surface area contributed by atoms with Crippen molar-refractivity contribution < 1.29 is 4.79 Å². The quantitative estimate of drug-likeness (QED) is 0.724. The first-order valence-electron chi connectivity index (χ1n) is 5.60. The van der Waals surface area contributed by atoms with Crippen LogP contribution < -0.4 is 5.73 Å². The summed E-state index contributed by atoms with van der Waals surface area (Å²) in [5.74, 6) is 1.48. The van der Waals surface area contributed by atoms with E-state index < -0.39 is 0 Å².